The predicted octanol–water partition coefficient (Wildman–Crippen LogP) is 3.77. The minimum Gasteiger partial charge on any atom is -0.486 e. The summed E-state index contributed by atoms with van der Waals surface area (Å²) in [6.45, 7) is 0.224. The molecule has 0 spiro atoms. The van der Waals surface area contributed by atoms with Crippen LogP contribution >= 0.6 is 15.9 Å². The van der Waals surface area contributed by atoms with Gasteiger partial charge in [0.2, 0.25) is 0 Å². The van der Waals surface area contributed by atoms with E-state index >= 15 is 0 Å². The van der Waals surface area contributed by atoms with Crippen LogP contribution in [0.5, 0.6) is 5.75 Å². The largest absolute Gasteiger partial charge is 0.486 e. The van der Waals surface area contributed by atoms with E-state index in [0.29, 0.717) is 11.1 Å². The molecular formula is C14H12BrF2NO. The summed E-state index contributed by atoms with van der Waals surface area (Å²) in [5, 5.41) is 0. The molecule has 2 rings (SSSR count). The van der Waals surface area contributed by atoms with Crippen LogP contribution in [0.15, 0.2) is 40.9 Å². The number of benzene rings is 2. The number of nitrogens with two attached hydrogens (primary N) is 1. The van der Waals surface area contributed by atoms with Gasteiger partial charge in [0.15, 0.2) is 11.6 Å². The van der Waals surface area contributed by atoms with Gasteiger partial charge in [0.1, 0.15) is 12.4 Å². The third-order valence-electron chi connectivity index (χ3n) is 2.62. The first-order chi connectivity index (χ1) is 9.10. The van der Waals surface area contributed by atoms with Crippen LogP contribution < -0.4 is 10.5 Å². The molecule has 0 aliphatic carbocycles. The minimum absolute atomic E-state index is 0.0375. The van der Waals surface area contributed by atoms with Gasteiger partial charge in [-0.25, -0.2) is 8.78 Å². The molecule has 100 valence electrons. The Morgan fingerprint density at radius 3 is 2.53 bits per heavy atom. The first-order valence-electron chi connectivity index (χ1n) is 5.65. The molecule has 0 amide bonds. The highest BCUT2D eigenvalue weighted by atomic mass is 79.9. The normalized spacial score (nSPS) is 10.5. The zero-order chi connectivity index (χ0) is 13.8. The highest BCUT2D eigenvalue weighted by molar-refractivity contribution is 9.10. The summed E-state index contributed by atoms with van der Waals surface area (Å²) in [6.07, 6.45) is 0. The summed E-state index contributed by atoms with van der Waals surface area (Å²) in [6, 6.07) is 9.00. The molecule has 2 N–H and O–H groups in total. The molecule has 0 aliphatic heterocycles. The van der Waals surface area contributed by atoms with Crippen LogP contribution in [0, 0.1) is 11.6 Å². The van der Waals surface area contributed by atoms with Crippen molar-refractivity contribution >= 4 is 15.9 Å². The van der Waals surface area contributed by atoms with E-state index in [9.17, 15) is 8.78 Å². The highest BCUT2D eigenvalue weighted by Crippen LogP contribution is 2.21. The first-order valence-corrected chi connectivity index (χ1v) is 6.44. The third-order valence-corrected chi connectivity index (χ3v) is 3.12. The molecule has 0 bridgehead atoms. The van der Waals surface area contributed by atoms with Gasteiger partial charge in [0.25, 0.3) is 0 Å². The molecule has 2 aromatic rings. The second kappa shape index (κ2) is 6.12. The fourth-order valence-electron chi connectivity index (χ4n) is 1.60. The van der Waals surface area contributed by atoms with Crippen LogP contribution in [0.4, 0.5) is 8.78 Å². The first kappa shape index (κ1) is 14.0. The minimum atomic E-state index is -0.502. The lowest BCUT2D eigenvalue weighted by molar-refractivity contribution is 0.284. The van der Waals surface area contributed by atoms with E-state index in [2.05, 4.69) is 15.9 Å². The number of hydrogen-bond acceptors (Lipinski definition) is 2. The number of halogens is 3. The third kappa shape index (κ3) is 3.52. The molecule has 5 heteroatoms. The summed E-state index contributed by atoms with van der Waals surface area (Å²) in [5.74, 6) is -0.808. The summed E-state index contributed by atoms with van der Waals surface area (Å²) < 4.78 is 33.1. The Bertz CT molecular complexity index is 590. The average Bonchev–Trinajstić information content (AvgIpc) is 2.40. The summed E-state index contributed by atoms with van der Waals surface area (Å²) >= 11 is 3.25. The summed E-state index contributed by atoms with van der Waals surface area (Å²) in [7, 11) is 0. The van der Waals surface area contributed by atoms with Crippen LogP contribution in [0.3, 0.4) is 0 Å². The van der Waals surface area contributed by atoms with Gasteiger partial charge in [0.05, 0.1) is 0 Å². The number of ether oxygens (including phenoxy) is 1. The van der Waals surface area contributed by atoms with Crippen molar-refractivity contribution < 1.29 is 13.5 Å². The van der Waals surface area contributed by atoms with Gasteiger partial charge in [0, 0.05) is 16.6 Å². The smallest absolute Gasteiger partial charge is 0.165 e. The van der Waals surface area contributed by atoms with E-state index in [0.717, 1.165) is 4.47 Å². The van der Waals surface area contributed by atoms with Crippen molar-refractivity contribution in [2.75, 3.05) is 0 Å². The Morgan fingerprint density at radius 1 is 1.05 bits per heavy atom. The van der Waals surface area contributed by atoms with E-state index in [1.807, 2.05) is 0 Å². The van der Waals surface area contributed by atoms with E-state index < -0.39 is 5.82 Å². The van der Waals surface area contributed by atoms with E-state index in [4.69, 9.17) is 10.5 Å². The van der Waals surface area contributed by atoms with Gasteiger partial charge in [-0.15, -0.1) is 0 Å². The van der Waals surface area contributed by atoms with Crippen LogP contribution in [-0.2, 0) is 13.2 Å². The van der Waals surface area contributed by atoms with Gasteiger partial charge in [-0.1, -0.05) is 22.0 Å². The lowest BCUT2D eigenvalue weighted by Gasteiger charge is -2.09. The van der Waals surface area contributed by atoms with Gasteiger partial charge < -0.3 is 10.5 Å². The van der Waals surface area contributed by atoms with E-state index in [1.165, 1.54) is 18.2 Å². The number of rotatable bonds is 4. The molecule has 0 saturated carbocycles. The second-order valence-corrected chi connectivity index (χ2v) is 4.91. The Morgan fingerprint density at radius 2 is 1.84 bits per heavy atom. The molecule has 0 aromatic heterocycles. The van der Waals surface area contributed by atoms with Gasteiger partial charge in [-0.3, -0.25) is 0 Å². The Labute approximate surface area is 118 Å². The van der Waals surface area contributed by atoms with E-state index in [1.54, 1.807) is 18.2 Å². The monoisotopic (exact) mass is 327 g/mol. The van der Waals surface area contributed by atoms with Gasteiger partial charge >= 0.3 is 0 Å². The summed E-state index contributed by atoms with van der Waals surface area (Å²) in [4.78, 5) is 0. The highest BCUT2D eigenvalue weighted by Gasteiger charge is 2.07. The van der Waals surface area contributed by atoms with Crippen molar-refractivity contribution in [2.24, 2.45) is 5.73 Å². The molecule has 19 heavy (non-hydrogen) atoms. The van der Waals surface area contributed by atoms with Crippen molar-refractivity contribution in [2.45, 2.75) is 13.2 Å². The molecule has 2 nitrogen and oxygen atoms in total. The lowest BCUT2D eigenvalue weighted by Crippen LogP contribution is -2.02. The Hall–Kier alpha value is -1.46. The topological polar surface area (TPSA) is 35.2 Å². The van der Waals surface area contributed by atoms with Crippen LogP contribution in [0.2, 0.25) is 0 Å². The number of hydrogen-bond donors (Lipinski definition) is 1. The molecular weight excluding hydrogens is 316 g/mol. The van der Waals surface area contributed by atoms with Gasteiger partial charge in [-0.05, 0) is 35.9 Å². The molecule has 0 fully saturated rings. The van der Waals surface area contributed by atoms with Crippen molar-refractivity contribution in [1.82, 2.24) is 0 Å². The van der Waals surface area contributed by atoms with Crippen LogP contribution in [0.25, 0.3) is 0 Å². The maximum atomic E-state index is 13.6. The quantitative estimate of drug-likeness (QED) is 0.927. The molecule has 0 atom stereocenters. The molecule has 0 saturated heterocycles. The molecule has 0 aliphatic rings. The molecule has 2 aromatic carbocycles. The zero-order valence-electron chi connectivity index (χ0n) is 10.00. The Balaban J connectivity index is 2.12. The summed E-state index contributed by atoms with van der Waals surface area (Å²) in [5.41, 5.74) is 6.45. The second-order valence-electron chi connectivity index (χ2n) is 3.99. The van der Waals surface area contributed by atoms with Crippen molar-refractivity contribution in [3.05, 3.63) is 63.6 Å². The fourth-order valence-corrected chi connectivity index (χ4v) is 2.01. The Kier molecular flexibility index (Phi) is 4.50. The predicted molar refractivity (Wildman–Crippen MR) is 72.7 cm³/mol. The van der Waals surface area contributed by atoms with Crippen molar-refractivity contribution in [1.29, 1.82) is 0 Å². The zero-order valence-corrected chi connectivity index (χ0v) is 11.6. The average molecular weight is 328 g/mol. The van der Waals surface area contributed by atoms with Crippen molar-refractivity contribution in [3.63, 3.8) is 0 Å². The molecule has 0 heterocycles. The molecule has 0 radical (unpaired) electrons. The van der Waals surface area contributed by atoms with Crippen LogP contribution in [-0.4, -0.2) is 0 Å². The van der Waals surface area contributed by atoms with Crippen LogP contribution in [0.1, 0.15) is 11.1 Å². The fraction of sp³-hybridized carbons (Fsp3) is 0.143. The van der Waals surface area contributed by atoms with Gasteiger partial charge in [-0.2, -0.15) is 0 Å². The maximum absolute atomic E-state index is 13.6. The maximum Gasteiger partial charge on any atom is 0.165 e. The van der Waals surface area contributed by atoms with E-state index in [-0.39, 0.29) is 24.7 Å². The molecule has 0 unspecified atom stereocenters. The lowest BCUT2D eigenvalue weighted by atomic mass is 10.2. The van der Waals surface area contributed by atoms with Crippen molar-refractivity contribution in [3.8, 4) is 5.75 Å². The SMILES string of the molecule is NCc1ccc(OCc2cc(Br)ccc2F)c(F)c1. The standard InChI is InChI=1S/C14H12BrF2NO/c15-11-2-3-12(16)10(6-11)8-19-14-4-1-9(7-18)5-13(14)17/h1-6H,7-8,18H2.